The standard InChI is InChI=1S/C64H36O3/c1-3-18-46-44(16-1)60(37-28-31-42-40-14-9-11-25-54(40)65-57(42)34-37)45-17-2-4-19-47(45)61(46)39-30-33-52-59(36-39)67-56-27-13-24-53(64(52)56)63-50-22-7-5-20-48(50)62(49-21-6-8-23-51(49)63)38-29-32-43-41-15-10-12-26-55(41)66-58(43)35-38/h1-36H. The lowest BCUT2D eigenvalue weighted by Gasteiger charge is -2.18. The highest BCUT2D eigenvalue weighted by Crippen LogP contribution is 2.49. The van der Waals surface area contributed by atoms with E-state index >= 15 is 0 Å². The van der Waals surface area contributed by atoms with Gasteiger partial charge in [-0.3, -0.25) is 0 Å². The van der Waals surface area contributed by atoms with E-state index in [1.165, 1.54) is 65.3 Å². The van der Waals surface area contributed by atoms with Gasteiger partial charge in [-0.15, -0.1) is 0 Å². The Hall–Kier alpha value is -8.92. The smallest absolute Gasteiger partial charge is 0.136 e. The molecule has 0 saturated carbocycles. The first-order valence-corrected chi connectivity index (χ1v) is 22.9. The Bertz CT molecular complexity index is 4460. The minimum absolute atomic E-state index is 0.858. The van der Waals surface area contributed by atoms with E-state index in [9.17, 15) is 0 Å². The van der Waals surface area contributed by atoms with E-state index in [0.29, 0.717) is 0 Å². The molecular formula is C64H36O3. The number of rotatable bonds is 4. The largest absolute Gasteiger partial charge is 0.456 e. The van der Waals surface area contributed by atoms with E-state index < -0.39 is 0 Å². The Kier molecular flexibility index (Phi) is 7.50. The molecule has 0 spiro atoms. The molecule has 0 radical (unpaired) electrons. The van der Waals surface area contributed by atoms with Crippen molar-refractivity contribution in [3.63, 3.8) is 0 Å². The van der Waals surface area contributed by atoms with Crippen LogP contribution in [0.25, 0.3) is 153 Å². The molecule has 0 bridgehead atoms. The van der Waals surface area contributed by atoms with Crippen LogP contribution in [-0.2, 0) is 0 Å². The molecule has 0 aliphatic rings. The molecule has 0 atom stereocenters. The van der Waals surface area contributed by atoms with Gasteiger partial charge < -0.3 is 13.3 Å². The van der Waals surface area contributed by atoms with Crippen molar-refractivity contribution in [1.29, 1.82) is 0 Å². The van der Waals surface area contributed by atoms with Gasteiger partial charge in [0, 0.05) is 32.3 Å². The molecule has 12 aromatic carbocycles. The zero-order chi connectivity index (χ0) is 43.7. The average molecular weight is 853 g/mol. The predicted molar refractivity (Wildman–Crippen MR) is 280 cm³/mol. The fraction of sp³-hybridized carbons (Fsp3) is 0. The van der Waals surface area contributed by atoms with Crippen molar-refractivity contribution in [1.82, 2.24) is 0 Å². The Morgan fingerprint density at radius 2 is 0.493 bits per heavy atom. The maximum absolute atomic E-state index is 6.92. The molecule has 3 aromatic heterocycles. The first-order valence-electron chi connectivity index (χ1n) is 22.9. The first kappa shape index (κ1) is 36.4. The number of furan rings is 3. The molecule has 0 aliphatic carbocycles. The summed E-state index contributed by atoms with van der Waals surface area (Å²) in [5.74, 6) is 0. The predicted octanol–water partition coefficient (Wildman–Crippen LogP) is 18.7. The van der Waals surface area contributed by atoms with Crippen LogP contribution in [0.5, 0.6) is 0 Å². The molecule has 3 nitrogen and oxygen atoms in total. The van der Waals surface area contributed by atoms with Gasteiger partial charge >= 0.3 is 0 Å². The average Bonchev–Trinajstić information content (AvgIpc) is 4.07. The van der Waals surface area contributed by atoms with Crippen LogP contribution in [0.1, 0.15) is 0 Å². The summed E-state index contributed by atoms with van der Waals surface area (Å²) in [6.07, 6.45) is 0. The minimum atomic E-state index is 0.858. The Labute approximate surface area is 383 Å². The molecular weight excluding hydrogens is 817 g/mol. The topological polar surface area (TPSA) is 39.4 Å². The van der Waals surface area contributed by atoms with E-state index in [2.05, 4.69) is 194 Å². The minimum Gasteiger partial charge on any atom is -0.456 e. The highest BCUT2D eigenvalue weighted by Gasteiger charge is 2.23. The number of para-hydroxylation sites is 2. The molecule has 67 heavy (non-hydrogen) atoms. The zero-order valence-corrected chi connectivity index (χ0v) is 36.0. The summed E-state index contributed by atoms with van der Waals surface area (Å²) in [5, 5.41) is 16.3. The third-order valence-electron chi connectivity index (χ3n) is 14.3. The van der Waals surface area contributed by atoms with Gasteiger partial charge in [0.1, 0.15) is 33.5 Å². The first-order chi connectivity index (χ1) is 33.2. The van der Waals surface area contributed by atoms with E-state index in [-0.39, 0.29) is 0 Å². The normalized spacial score (nSPS) is 12.2. The molecule has 15 aromatic rings. The van der Waals surface area contributed by atoms with Gasteiger partial charge in [0.05, 0.1) is 0 Å². The number of hydrogen-bond acceptors (Lipinski definition) is 3. The van der Waals surface area contributed by atoms with Crippen molar-refractivity contribution < 1.29 is 13.3 Å². The van der Waals surface area contributed by atoms with Gasteiger partial charge in [-0.25, -0.2) is 0 Å². The molecule has 0 aliphatic heterocycles. The number of hydrogen-bond donors (Lipinski definition) is 0. The monoisotopic (exact) mass is 852 g/mol. The van der Waals surface area contributed by atoms with Crippen LogP contribution < -0.4 is 0 Å². The lowest BCUT2D eigenvalue weighted by Crippen LogP contribution is -1.91. The molecule has 0 unspecified atom stereocenters. The van der Waals surface area contributed by atoms with Gasteiger partial charge in [-0.1, -0.05) is 164 Å². The van der Waals surface area contributed by atoms with Crippen molar-refractivity contribution in [2.45, 2.75) is 0 Å². The summed E-state index contributed by atoms with van der Waals surface area (Å²) in [7, 11) is 0. The fourth-order valence-electron chi connectivity index (χ4n) is 11.4. The molecule has 0 N–H and O–H groups in total. The molecule has 310 valence electrons. The summed E-state index contributed by atoms with van der Waals surface area (Å²) in [5.41, 5.74) is 14.6. The highest BCUT2D eigenvalue weighted by molar-refractivity contribution is 6.27. The van der Waals surface area contributed by atoms with Gasteiger partial charge in [0.2, 0.25) is 0 Å². The van der Waals surface area contributed by atoms with Crippen molar-refractivity contribution in [2.24, 2.45) is 0 Å². The zero-order valence-electron chi connectivity index (χ0n) is 36.0. The quantitative estimate of drug-likeness (QED) is 0.166. The van der Waals surface area contributed by atoms with Crippen LogP contribution in [-0.4, -0.2) is 0 Å². The number of benzene rings is 12. The second-order valence-electron chi connectivity index (χ2n) is 17.8. The van der Waals surface area contributed by atoms with Crippen molar-refractivity contribution in [2.75, 3.05) is 0 Å². The second-order valence-corrected chi connectivity index (χ2v) is 17.8. The lowest BCUT2D eigenvalue weighted by atomic mass is 9.84. The van der Waals surface area contributed by atoms with E-state index in [4.69, 9.17) is 13.3 Å². The molecule has 3 heteroatoms. The molecule has 0 fully saturated rings. The summed E-state index contributed by atoms with van der Waals surface area (Å²) >= 11 is 0. The van der Waals surface area contributed by atoms with Crippen molar-refractivity contribution >= 4 is 109 Å². The Balaban J connectivity index is 0.928. The third kappa shape index (κ3) is 5.22. The van der Waals surface area contributed by atoms with Gasteiger partial charge in [-0.05, 0) is 142 Å². The lowest BCUT2D eigenvalue weighted by molar-refractivity contribution is 0.668. The maximum atomic E-state index is 6.92. The summed E-state index contributed by atoms with van der Waals surface area (Å²) < 4.78 is 19.8. The SMILES string of the molecule is c1ccc2c(c1)oc1cc(-c3c4ccccc4c(-c4ccc5c(c4)oc4cccc(-c6c7ccccc7c(-c7ccc8c(c7)oc7ccccc78)c7ccccc67)c45)c4ccccc34)ccc12. The summed E-state index contributed by atoms with van der Waals surface area (Å²) in [6.45, 7) is 0. The number of fused-ring (bicyclic) bond motifs is 13. The molecule has 0 amide bonds. The fourth-order valence-corrected chi connectivity index (χ4v) is 11.4. The van der Waals surface area contributed by atoms with Crippen LogP contribution in [0.15, 0.2) is 232 Å². The second kappa shape index (κ2) is 13.8. The van der Waals surface area contributed by atoms with Crippen LogP contribution in [0.4, 0.5) is 0 Å². The van der Waals surface area contributed by atoms with Crippen LogP contribution in [0, 0.1) is 0 Å². The van der Waals surface area contributed by atoms with Crippen LogP contribution in [0.3, 0.4) is 0 Å². The van der Waals surface area contributed by atoms with Crippen molar-refractivity contribution in [3.8, 4) is 44.5 Å². The van der Waals surface area contributed by atoms with Gasteiger partial charge in [0.25, 0.3) is 0 Å². The van der Waals surface area contributed by atoms with Gasteiger partial charge in [0.15, 0.2) is 0 Å². The summed E-state index contributed by atoms with van der Waals surface area (Å²) in [4.78, 5) is 0. The maximum Gasteiger partial charge on any atom is 0.136 e. The van der Waals surface area contributed by atoms with Crippen LogP contribution >= 0.6 is 0 Å². The molecule has 0 saturated heterocycles. The summed E-state index contributed by atoms with van der Waals surface area (Å²) in [6, 6.07) is 78.5. The van der Waals surface area contributed by atoms with E-state index in [1.54, 1.807) is 0 Å². The van der Waals surface area contributed by atoms with E-state index in [1.807, 2.05) is 24.3 Å². The highest BCUT2D eigenvalue weighted by atomic mass is 16.3. The van der Waals surface area contributed by atoms with Crippen molar-refractivity contribution in [3.05, 3.63) is 218 Å². The van der Waals surface area contributed by atoms with E-state index in [0.717, 1.165) is 88.1 Å². The van der Waals surface area contributed by atoms with Gasteiger partial charge in [-0.2, -0.15) is 0 Å². The third-order valence-corrected chi connectivity index (χ3v) is 14.3. The Morgan fingerprint density at radius 3 is 0.910 bits per heavy atom. The molecule has 15 rings (SSSR count). The van der Waals surface area contributed by atoms with Crippen LogP contribution in [0.2, 0.25) is 0 Å². The molecule has 3 heterocycles. The Morgan fingerprint density at radius 1 is 0.194 bits per heavy atom.